The fourth-order valence-electron chi connectivity index (χ4n) is 1.34. The minimum Gasteiger partial charge on any atom is -0.324 e. The summed E-state index contributed by atoms with van der Waals surface area (Å²) in [7, 11) is 0. The smallest absolute Gasteiger partial charge is 0.241 e. The second-order valence-corrected chi connectivity index (χ2v) is 4.13. The number of nitrogens with one attached hydrogen (secondary N) is 1. The van der Waals surface area contributed by atoms with E-state index in [2.05, 4.69) is 5.32 Å². The summed E-state index contributed by atoms with van der Waals surface area (Å²) in [6, 6.07) is 3.11. The Bertz CT molecular complexity index is 365. The van der Waals surface area contributed by atoms with E-state index in [9.17, 15) is 4.79 Å². The van der Waals surface area contributed by atoms with Crippen LogP contribution in [0.15, 0.2) is 12.1 Å². The molecule has 0 bridgehead atoms. The van der Waals surface area contributed by atoms with Crippen LogP contribution in [-0.2, 0) is 4.79 Å². The van der Waals surface area contributed by atoms with Crippen LogP contribution in [0, 0.1) is 13.8 Å². The van der Waals surface area contributed by atoms with E-state index < -0.39 is 6.04 Å². The number of amides is 1. The van der Waals surface area contributed by atoms with E-state index in [1.807, 2.05) is 26.0 Å². The van der Waals surface area contributed by atoms with Crippen molar-refractivity contribution >= 4 is 23.2 Å². The minimum atomic E-state index is -0.514. The number of rotatable bonds is 2. The van der Waals surface area contributed by atoms with E-state index in [4.69, 9.17) is 17.3 Å². The summed E-state index contributed by atoms with van der Waals surface area (Å²) in [5.41, 5.74) is 8.15. The summed E-state index contributed by atoms with van der Waals surface area (Å²) in [5, 5.41) is 3.45. The first-order chi connectivity index (χ1) is 6.91. The quantitative estimate of drug-likeness (QED) is 0.813. The maximum absolute atomic E-state index is 11.4. The van der Waals surface area contributed by atoms with Crippen LogP contribution in [0.1, 0.15) is 18.1 Å². The molecule has 1 amide bonds. The molecule has 3 nitrogen and oxygen atoms in total. The maximum Gasteiger partial charge on any atom is 0.241 e. The van der Waals surface area contributed by atoms with Crippen molar-refractivity contribution < 1.29 is 4.79 Å². The molecule has 4 heteroatoms. The third-order valence-electron chi connectivity index (χ3n) is 2.16. The molecule has 0 saturated carbocycles. The van der Waals surface area contributed by atoms with Gasteiger partial charge in [-0.15, -0.1) is 0 Å². The highest BCUT2D eigenvalue weighted by Crippen LogP contribution is 2.24. The third-order valence-corrected chi connectivity index (χ3v) is 2.38. The van der Waals surface area contributed by atoms with E-state index in [1.54, 1.807) is 6.92 Å². The molecule has 0 aliphatic rings. The lowest BCUT2D eigenvalue weighted by Gasteiger charge is -2.13. The Morgan fingerprint density at radius 3 is 2.27 bits per heavy atom. The molecule has 0 aliphatic heterocycles. The van der Waals surface area contributed by atoms with Gasteiger partial charge in [0.25, 0.3) is 0 Å². The van der Waals surface area contributed by atoms with E-state index in [0.717, 1.165) is 16.8 Å². The lowest BCUT2D eigenvalue weighted by atomic mass is 10.1. The molecule has 0 fully saturated rings. The SMILES string of the molecule is Cc1cc(Cl)cc(C)c1NC(=O)[C@H](C)N. The fourth-order valence-corrected chi connectivity index (χ4v) is 1.67. The molecule has 0 heterocycles. The van der Waals surface area contributed by atoms with Gasteiger partial charge in [0.15, 0.2) is 0 Å². The monoisotopic (exact) mass is 226 g/mol. The number of aryl methyl sites for hydroxylation is 2. The van der Waals surface area contributed by atoms with Crippen LogP contribution in [0.4, 0.5) is 5.69 Å². The molecule has 3 N–H and O–H groups in total. The van der Waals surface area contributed by atoms with Gasteiger partial charge < -0.3 is 11.1 Å². The Kier molecular flexibility index (Phi) is 3.72. The van der Waals surface area contributed by atoms with Crippen molar-refractivity contribution in [3.63, 3.8) is 0 Å². The molecule has 0 aromatic heterocycles. The van der Waals surface area contributed by atoms with Gasteiger partial charge in [0.2, 0.25) is 5.91 Å². The summed E-state index contributed by atoms with van der Waals surface area (Å²) < 4.78 is 0. The van der Waals surface area contributed by atoms with E-state index in [1.165, 1.54) is 0 Å². The molecule has 1 aromatic rings. The molecule has 82 valence electrons. The Hall–Kier alpha value is -1.06. The normalized spacial score (nSPS) is 12.3. The molecule has 0 spiro atoms. The fraction of sp³-hybridized carbons (Fsp3) is 0.364. The number of benzene rings is 1. The zero-order chi connectivity index (χ0) is 11.6. The summed E-state index contributed by atoms with van der Waals surface area (Å²) in [6.07, 6.45) is 0. The molecule has 15 heavy (non-hydrogen) atoms. The van der Waals surface area contributed by atoms with Crippen LogP contribution in [0.5, 0.6) is 0 Å². The lowest BCUT2D eigenvalue weighted by Crippen LogP contribution is -2.32. The molecule has 0 radical (unpaired) electrons. The molecular formula is C11H15ClN2O. The predicted molar refractivity (Wildman–Crippen MR) is 63.2 cm³/mol. The first-order valence-electron chi connectivity index (χ1n) is 4.75. The summed E-state index contributed by atoms with van der Waals surface area (Å²) >= 11 is 5.88. The molecule has 0 unspecified atom stereocenters. The first-order valence-corrected chi connectivity index (χ1v) is 5.13. The van der Waals surface area contributed by atoms with Crippen molar-refractivity contribution in [1.82, 2.24) is 0 Å². The first kappa shape index (κ1) is 12.0. The lowest BCUT2D eigenvalue weighted by molar-refractivity contribution is -0.117. The van der Waals surface area contributed by atoms with Crippen molar-refractivity contribution in [3.05, 3.63) is 28.3 Å². The highest BCUT2D eigenvalue weighted by molar-refractivity contribution is 6.30. The van der Waals surface area contributed by atoms with Gasteiger partial charge in [0.1, 0.15) is 0 Å². The van der Waals surface area contributed by atoms with Crippen molar-refractivity contribution in [2.24, 2.45) is 5.73 Å². The van der Waals surface area contributed by atoms with Crippen LogP contribution in [0.25, 0.3) is 0 Å². The van der Waals surface area contributed by atoms with E-state index >= 15 is 0 Å². The zero-order valence-corrected chi connectivity index (χ0v) is 9.85. The highest BCUT2D eigenvalue weighted by Gasteiger charge is 2.11. The largest absolute Gasteiger partial charge is 0.324 e. The Balaban J connectivity index is 3.00. The van der Waals surface area contributed by atoms with Gasteiger partial charge in [-0.2, -0.15) is 0 Å². The van der Waals surface area contributed by atoms with Crippen molar-refractivity contribution in [3.8, 4) is 0 Å². The molecule has 1 aromatic carbocycles. The second kappa shape index (κ2) is 4.64. The van der Waals surface area contributed by atoms with Gasteiger partial charge in [0.05, 0.1) is 6.04 Å². The minimum absolute atomic E-state index is 0.191. The predicted octanol–water partition coefficient (Wildman–Crippen LogP) is 2.24. The van der Waals surface area contributed by atoms with Crippen LogP contribution in [0.3, 0.4) is 0 Å². The average Bonchev–Trinajstić information content (AvgIpc) is 2.10. The van der Waals surface area contributed by atoms with Gasteiger partial charge in [-0.25, -0.2) is 0 Å². The van der Waals surface area contributed by atoms with Gasteiger partial charge >= 0.3 is 0 Å². The standard InChI is InChI=1S/C11H15ClN2O/c1-6-4-9(12)5-7(2)10(6)14-11(15)8(3)13/h4-5,8H,13H2,1-3H3,(H,14,15)/t8-/m0/s1. The van der Waals surface area contributed by atoms with Crippen molar-refractivity contribution in [2.45, 2.75) is 26.8 Å². The van der Waals surface area contributed by atoms with Crippen LogP contribution >= 0.6 is 11.6 Å². The molecule has 1 rings (SSSR count). The number of nitrogens with two attached hydrogens (primary N) is 1. The third kappa shape index (κ3) is 2.94. The second-order valence-electron chi connectivity index (χ2n) is 3.69. The Morgan fingerprint density at radius 1 is 1.40 bits per heavy atom. The average molecular weight is 227 g/mol. The number of carbonyl (C=O) groups is 1. The highest BCUT2D eigenvalue weighted by atomic mass is 35.5. The number of halogens is 1. The number of carbonyl (C=O) groups excluding carboxylic acids is 1. The summed E-state index contributed by atoms with van der Waals surface area (Å²) in [6.45, 7) is 5.45. The Morgan fingerprint density at radius 2 is 1.87 bits per heavy atom. The topological polar surface area (TPSA) is 55.1 Å². The van der Waals surface area contributed by atoms with E-state index in [0.29, 0.717) is 5.02 Å². The van der Waals surface area contributed by atoms with Gasteiger partial charge in [-0.1, -0.05) is 11.6 Å². The van der Waals surface area contributed by atoms with E-state index in [-0.39, 0.29) is 5.91 Å². The Labute approximate surface area is 94.6 Å². The van der Waals surface area contributed by atoms with Crippen LogP contribution < -0.4 is 11.1 Å². The number of hydrogen-bond acceptors (Lipinski definition) is 2. The van der Waals surface area contributed by atoms with Gasteiger partial charge in [-0.3, -0.25) is 4.79 Å². The molecule has 0 saturated heterocycles. The van der Waals surface area contributed by atoms with Crippen LogP contribution in [-0.4, -0.2) is 11.9 Å². The van der Waals surface area contributed by atoms with Crippen molar-refractivity contribution in [2.75, 3.05) is 5.32 Å². The number of anilines is 1. The van der Waals surface area contributed by atoms with Crippen molar-refractivity contribution in [1.29, 1.82) is 0 Å². The number of hydrogen-bond donors (Lipinski definition) is 2. The summed E-state index contributed by atoms with van der Waals surface area (Å²) in [5.74, 6) is -0.191. The summed E-state index contributed by atoms with van der Waals surface area (Å²) in [4.78, 5) is 11.4. The molecule has 1 atom stereocenters. The molecule has 0 aliphatic carbocycles. The zero-order valence-electron chi connectivity index (χ0n) is 9.10. The van der Waals surface area contributed by atoms with Gasteiger partial charge in [0, 0.05) is 10.7 Å². The van der Waals surface area contributed by atoms with Crippen LogP contribution in [0.2, 0.25) is 5.02 Å². The maximum atomic E-state index is 11.4. The molecular weight excluding hydrogens is 212 g/mol. The van der Waals surface area contributed by atoms with Gasteiger partial charge in [-0.05, 0) is 44.0 Å².